The summed E-state index contributed by atoms with van der Waals surface area (Å²) in [4.78, 5) is 37.1. The number of nitrogens with one attached hydrogen (secondary N) is 2. The molecule has 4 rings (SSSR count). The molecule has 0 aliphatic heterocycles. The van der Waals surface area contributed by atoms with Gasteiger partial charge in [-0.25, -0.2) is 4.79 Å². The number of hydrogen-bond donors (Lipinski definition) is 3. The minimum Gasteiger partial charge on any atom is -0.481 e. The summed E-state index contributed by atoms with van der Waals surface area (Å²) in [6.45, 7) is 4.45. The number of alkyl carbamates (subject to hydrolysis) is 1. The number of carbonyl (C=O) groups is 3. The van der Waals surface area contributed by atoms with E-state index in [4.69, 9.17) is 4.74 Å². The smallest absolute Gasteiger partial charge is 0.407 e. The molecule has 2 aliphatic rings. The predicted molar refractivity (Wildman–Crippen MR) is 133 cm³/mol. The van der Waals surface area contributed by atoms with Crippen LogP contribution in [0.25, 0.3) is 11.1 Å². The molecule has 35 heavy (non-hydrogen) atoms. The first kappa shape index (κ1) is 24.8. The van der Waals surface area contributed by atoms with Gasteiger partial charge in [-0.1, -0.05) is 68.8 Å². The van der Waals surface area contributed by atoms with E-state index in [1.165, 1.54) is 0 Å². The second kappa shape index (κ2) is 10.9. The molecule has 0 radical (unpaired) electrons. The lowest BCUT2D eigenvalue weighted by Crippen LogP contribution is -2.49. The molecule has 3 N–H and O–H groups in total. The zero-order valence-corrected chi connectivity index (χ0v) is 20.3. The maximum atomic E-state index is 12.9. The number of carboxylic acids is 1. The van der Waals surface area contributed by atoms with Gasteiger partial charge in [-0.05, 0) is 53.4 Å². The molecule has 2 aromatic carbocycles. The van der Waals surface area contributed by atoms with Gasteiger partial charge in [-0.2, -0.15) is 0 Å². The van der Waals surface area contributed by atoms with Gasteiger partial charge < -0.3 is 20.5 Å². The van der Waals surface area contributed by atoms with Gasteiger partial charge in [0.25, 0.3) is 0 Å². The Morgan fingerprint density at radius 3 is 2.23 bits per heavy atom. The number of carbonyl (C=O) groups excluding carboxylic acids is 2. The number of carboxylic acid groups (broad SMARTS) is 1. The van der Waals surface area contributed by atoms with Gasteiger partial charge in [0, 0.05) is 12.5 Å². The summed E-state index contributed by atoms with van der Waals surface area (Å²) >= 11 is 0. The van der Waals surface area contributed by atoms with Crippen LogP contribution in [0.2, 0.25) is 0 Å². The van der Waals surface area contributed by atoms with Gasteiger partial charge in [0.2, 0.25) is 5.91 Å². The first-order chi connectivity index (χ1) is 16.8. The summed E-state index contributed by atoms with van der Waals surface area (Å²) in [7, 11) is 0. The van der Waals surface area contributed by atoms with Gasteiger partial charge >= 0.3 is 12.1 Å². The first-order valence-electron chi connectivity index (χ1n) is 12.5. The molecule has 1 saturated carbocycles. The van der Waals surface area contributed by atoms with Crippen LogP contribution in [0.5, 0.6) is 0 Å². The second-order valence-electron chi connectivity index (χ2n) is 10.0. The van der Waals surface area contributed by atoms with Gasteiger partial charge in [0.15, 0.2) is 0 Å². The minimum atomic E-state index is -0.808. The van der Waals surface area contributed by atoms with Crippen molar-refractivity contribution >= 4 is 18.0 Å². The lowest BCUT2D eigenvalue weighted by molar-refractivity contribution is -0.143. The van der Waals surface area contributed by atoms with Gasteiger partial charge in [-0.3, -0.25) is 9.59 Å². The number of rotatable bonds is 9. The topological polar surface area (TPSA) is 105 Å². The molecule has 0 bridgehead atoms. The van der Waals surface area contributed by atoms with Crippen molar-refractivity contribution in [2.24, 2.45) is 17.8 Å². The van der Waals surface area contributed by atoms with Gasteiger partial charge in [0.1, 0.15) is 12.6 Å². The Labute approximate surface area is 206 Å². The van der Waals surface area contributed by atoms with Crippen LogP contribution < -0.4 is 10.6 Å². The van der Waals surface area contributed by atoms with E-state index in [2.05, 4.69) is 34.9 Å². The number of aliphatic carboxylic acids is 1. The van der Waals surface area contributed by atoms with Crippen molar-refractivity contribution in [3.05, 3.63) is 59.7 Å². The van der Waals surface area contributed by atoms with Crippen molar-refractivity contribution in [1.82, 2.24) is 10.6 Å². The molecule has 0 spiro atoms. The monoisotopic (exact) mass is 478 g/mol. The minimum absolute atomic E-state index is 0.0548. The third-order valence-corrected chi connectivity index (χ3v) is 7.17. The van der Waals surface area contributed by atoms with Crippen molar-refractivity contribution < 1.29 is 24.2 Å². The largest absolute Gasteiger partial charge is 0.481 e. The molecular formula is C28H34N2O5. The van der Waals surface area contributed by atoms with E-state index in [-0.39, 0.29) is 30.3 Å². The molecule has 3 atom stereocenters. The Morgan fingerprint density at radius 2 is 1.63 bits per heavy atom. The first-order valence-corrected chi connectivity index (χ1v) is 12.5. The summed E-state index contributed by atoms with van der Waals surface area (Å²) < 4.78 is 5.62. The molecule has 7 nitrogen and oxygen atoms in total. The average Bonchev–Trinajstić information content (AvgIpc) is 3.43. The van der Waals surface area contributed by atoms with Crippen molar-refractivity contribution in [3.63, 3.8) is 0 Å². The molecule has 186 valence electrons. The zero-order valence-electron chi connectivity index (χ0n) is 20.3. The summed E-state index contributed by atoms with van der Waals surface area (Å²) in [5.74, 6) is -1.49. The van der Waals surface area contributed by atoms with Crippen molar-refractivity contribution in [2.45, 2.75) is 51.5 Å². The van der Waals surface area contributed by atoms with Crippen LogP contribution >= 0.6 is 0 Å². The fourth-order valence-corrected chi connectivity index (χ4v) is 5.45. The third kappa shape index (κ3) is 5.66. The predicted octanol–water partition coefficient (Wildman–Crippen LogP) is 4.56. The third-order valence-electron chi connectivity index (χ3n) is 7.17. The SMILES string of the molecule is CC(C)CC(NC(=O)OCC1c2ccccc2-c2ccccc21)C(=O)NC[C@H]1CCC[C@H]1C(=O)O. The molecule has 7 heteroatoms. The van der Waals surface area contributed by atoms with Crippen LogP contribution in [-0.2, 0) is 14.3 Å². The number of benzene rings is 2. The highest BCUT2D eigenvalue weighted by atomic mass is 16.5. The molecule has 1 unspecified atom stereocenters. The van der Waals surface area contributed by atoms with Crippen LogP contribution in [0, 0.1) is 17.8 Å². The van der Waals surface area contributed by atoms with Crippen LogP contribution in [0.4, 0.5) is 4.79 Å². The highest BCUT2D eigenvalue weighted by molar-refractivity contribution is 5.86. The highest BCUT2D eigenvalue weighted by Crippen LogP contribution is 2.44. The normalized spacial score (nSPS) is 19.6. The summed E-state index contributed by atoms with van der Waals surface area (Å²) in [5, 5.41) is 15.0. The van der Waals surface area contributed by atoms with E-state index in [1.54, 1.807) is 0 Å². The Kier molecular flexibility index (Phi) is 7.73. The fourth-order valence-electron chi connectivity index (χ4n) is 5.45. The van der Waals surface area contributed by atoms with E-state index >= 15 is 0 Å². The molecule has 0 aromatic heterocycles. The standard InChI is InChI=1S/C28H34N2O5/c1-17(2)14-25(26(31)29-15-18-8-7-13-19(18)27(32)33)30-28(34)35-16-24-22-11-5-3-9-20(22)21-10-4-6-12-23(21)24/h3-6,9-12,17-19,24-25H,7-8,13-16H2,1-2H3,(H,29,31)(H,30,34)(H,32,33)/t18-,19-,25?/m1/s1. The van der Waals surface area contributed by atoms with Crippen LogP contribution in [0.1, 0.15) is 56.6 Å². The Bertz CT molecular complexity index is 1040. The van der Waals surface area contributed by atoms with Crippen molar-refractivity contribution in [3.8, 4) is 11.1 Å². The molecule has 0 saturated heterocycles. The van der Waals surface area contributed by atoms with E-state index in [9.17, 15) is 19.5 Å². The van der Waals surface area contributed by atoms with Crippen LogP contribution in [0.3, 0.4) is 0 Å². The van der Waals surface area contributed by atoms with Crippen molar-refractivity contribution in [1.29, 1.82) is 0 Å². The Hall–Kier alpha value is -3.35. The molecule has 2 aliphatic carbocycles. The molecule has 1 fully saturated rings. The summed E-state index contributed by atoms with van der Waals surface area (Å²) in [5.41, 5.74) is 4.56. The fraction of sp³-hybridized carbons (Fsp3) is 0.464. The summed E-state index contributed by atoms with van der Waals surface area (Å²) in [6, 6.07) is 15.5. The van der Waals surface area contributed by atoms with Crippen molar-refractivity contribution in [2.75, 3.05) is 13.2 Å². The second-order valence-corrected chi connectivity index (χ2v) is 10.0. The quantitative estimate of drug-likeness (QED) is 0.490. The maximum Gasteiger partial charge on any atom is 0.407 e. The van der Waals surface area contributed by atoms with Gasteiger partial charge in [-0.15, -0.1) is 0 Å². The van der Waals surface area contributed by atoms with Gasteiger partial charge in [0.05, 0.1) is 5.92 Å². The molecule has 0 heterocycles. The zero-order chi connectivity index (χ0) is 24.9. The van der Waals surface area contributed by atoms with E-state index < -0.39 is 24.0 Å². The lowest BCUT2D eigenvalue weighted by atomic mass is 9.96. The molecular weight excluding hydrogens is 444 g/mol. The average molecular weight is 479 g/mol. The van der Waals surface area contributed by atoms with Crippen LogP contribution in [0.15, 0.2) is 48.5 Å². The molecule has 2 amide bonds. The number of fused-ring (bicyclic) bond motifs is 3. The highest BCUT2D eigenvalue weighted by Gasteiger charge is 2.34. The number of hydrogen-bond acceptors (Lipinski definition) is 4. The number of amides is 2. The maximum absolute atomic E-state index is 12.9. The Morgan fingerprint density at radius 1 is 1.00 bits per heavy atom. The number of ether oxygens (including phenoxy) is 1. The van der Waals surface area contributed by atoms with Crippen LogP contribution in [-0.4, -0.2) is 42.3 Å². The Balaban J connectivity index is 1.36. The molecule has 2 aromatic rings. The lowest BCUT2D eigenvalue weighted by Gasteiger charge is -2.23. The van der Waals surface area contributed by atoms with E-state index in [0.29, 0.717) is 19.4 Å². The van der Waals surface area contributed by atoms with E-state index in [0.717, 1.165) is 35.1 Å². The van der Waals surface area contributed by atoms with E-state index in [1.807, 2.05) is 38.1 Å². The summed E-state index contributed by atoms with van der Waals surface area (Å²) in [6.07, 6.45) is 2.11.